The van der Waals surface area contributed by atoms with Gasteiger partial charge in [-0.3, -0.25) is 4.90 Å². The number of hydrogen-bond acceptors (Lipinski definition) is 3. The molecule has 5 heteroatoms. The summed E-state index contributed by atoms with van der Waals surface area (Å²) in [6.45, 7) is 9.18. The van der Waals surface area contributed by atoms with Crippen LogP contribution >= 0.6 is 0 Å². The average molecular weight is 305 g/mol. The van der Waals surface area contributed by atoms with E-state index in [2.05, 4.69) is 23.2 Å². The maximum absolute atomic E-state index is 12.5. The zero-order valence-corrected chi connectivity index (χ0v) is 13.9. The molecular formula is C17H27N3O2. The summed E-state index contributed by atoms with van der Waals surface area (Å²) in [5.74, 6) is 0. The van der Waals surface area contributed by atoms with Crippen molar-refractivity contribution in [2.75, 3.05) is 51.8 Å². The number of para-hydroxylation sites is 1. The third-order valence-electron chi connectivity index (χ3n) is 4.24. The summed E-state index contributed by atoms with van der Waals surface area (Å²) in [6.07, 6.45) is 0.919. The van der Waals surface area contributed by atoms with Crippen LogP contribution in [0.2, 0.25) is 0 Å². The van der Waals surface area contributed by atoms with Crippen LogP contribution in [-0.4, -0.2) is 62.3 Å². The third kappa shape index (κ3) is 4.21. The van der Waals surface area contributed by atoms with Crippen LogP contribution in [0.4, 0.5) is 10.5 Å². The minimum Gasteiger partial charge on any atom is -0.383 e. The Labute approximate surface area is 133 Å². The molecule has 1 aromatic rings. The first kappa shape index (κ1) is 16.8. The second-order valence-corrected chi connectivity index (χ2v) is 5.71. The van der Waals surface area contributed by atoms with Crippen molar-refractivity contribution in [3.8, 4) is 0 Å². The Kier molecular flexibility index (Phi) is 6.21. The van der Waals surface area contributed by atoms with Crippen LogP contribution in [-0.2, 0) is 11.2 Å². The van der Waals surface area contributed by atoms with E-state index in [1.54, 1.807) is 7.11 Å². The number of hydrogen-bond donors (Lipinski definition) is 1. The molecule has 0 saturated carbocycles. The van der Waals surface area contributed by atoms with Gasteiger partial charge in [0.15, 0.2) is 0 Å². The lowest BCUT2D eigenvalue weighted by Gasteiger charge is -2.34. The van der Waals surface area contributed by atoms with Crippen molar-refractivity contribution in [1.29, 1.82) is 0 Å². The zero-order valence-electron chi connectivity index (χ0n) is 13.9. The first-order valence-corrected chi connectivity index (χ1v) is 8.01. The van der Waals surface area contributed by atoms with Crippen molar-refractivity contribution in [3.05, 3.63) is 29.3 Å². The van der Waals surface area contributed by atoms with Crippen LogP contribution in [0.5, 0.6) is 0 Å². The molecule has 1 fully saturated rings. The topological polar surface area (TPSA) is 44.8 Å². The minimum absolute atomic E-state index is 0.00962. The number of ether oxygens (including phenoxy) is 1. The Hall–Kier alpha value is -1.59. The zero-order chi connectivity index (χ0) is 15.9. The fourth-order valence-corrected chi connectivity index (χ4v) is 2.78. The van der Waals surface area contributed by atoms with E-state index < -0.39 is 0 Å². The summed E-state index contributed by atoms with van der Waals surface area (Å²) in [7, 11) is 1.72. The van der Waals surface area contributed by atoms with Crippen LogP contribution in [0.25, 0.3) is 0 Å². The summed E-state index contributed by atoms with van der Waals surface area (Å²) in [5, 5.41) is 3.10. The highest BCUT2D eigenvalue weighted by atomic mass is 16.5. The fraction of sp³-hybridized carbons (Fsp3) is 0.588. The number of benzene rings is 1. The monoisotopic (exact) mass is 305 g/mol. The normalized spacial score (nSPS) is 15.9. The van der Waals surface area contributed by atoms with Gasteiger partial charge in [0.25, 0.3) is 0 Å². The third-order valence-corrected chi connectivity index (χ3v) is 4.24. The SMILES string of the molecule is CCc1cccc(C)c1NC(=O)N1CCN(CCOC)CC1. The summed E-state index contributed by atoms with van der Waals surface area (Å²) in [6, 6.07) is 6.16. The van der Waals surface area contributed by atoms with E-state index in [-0.39, 0.29) is 6.03 Å². The van der Waals surface area contributed by atoms with Crippen LogP contribution in [0.1, 0.15) is 18.1 Å². The van der Waals surface area contributed by atoms with Gasteiger partial charge in [0.1, 0.15) is 0 Å². The molecule has 22 heavy (non-hydrogen) atoms. The number of amides is 2. The van der Waals surface area contributed by atoms with E-state index in [1.165, 1.54) is 5.56 Å². The second-order valence-electron chi connectivity index (χ2n) is 5.71. The molecule has 0 bridgehead atoms. The number of anilines is 1. The highest BCUT2D eigenvalue weighted by Crippen LogP contribution is 2.21. The van der Waals surface area contributed by atoms with E-state index in [9.17, 15) is 4.79 Å². The predicted octanol–water partition coefficient (Wildman–Crippen LogP) is 2.35. The second kappa shape index (κ2) is 8.15. The molecule has 0 atom stereocenters. The largest absolute Gasteiger partial charge is 0.383 e. The summed E-state index contributed by atoms with van der Waals surface area (Å²) in [5.41, 5.74) is 3.27. The summed E-state index contributed by atoms with van der Waals surface area (Å²) in [4.78, 5) is 16.7. The van der Waals surface area contributed by atoms with Gasteiger partial charge in [0.2, 0.25) is 0 Å². The number of carbonyl (C=O) groups excluding carboxylic acids is 1. The molecule has 122 valence electrons. The van der Waals surface area contributed by atoms with Crippen molar-refractivity contribution >= 4 is 11.7 Å². The Morgan fingerprint density at radius 3 is 2.64 bits per heavy atom. The standard InChI is InChI=1S/C17H27N3O2/c1-4-15-7-5-6-14(2)16(15)18-17(21)20-10-8-19(9-11-20)12-13-22-3/h5-7H,4,8-13H2,1-3H3,(H,18,21). The predicted molar refractivity (Wildman–Crippen MR) is 89.5 cm³/mol. The van der Waals surface area contributed by atoms with Gasteiger partial charge in [-0.25, -0.2) is 4.79 Å². The van der Waals surface area contributed by atoms with Crippen LogP contribution < -0.4 is 5.32 Å². The van der Waals surface area contributed by atoms with Gasteiger partial charge in [0, 0.05) is 45.5 Å². The Morgan fingerprint density at radius 1 is 1.27 bits per heavy atom. The van der Waals surface area contributed by atoms with Gasteiger partial charge in [-0.05, 0) is 24.5 Å². The highest BCUT2D eigenvalue weighted by Gasteiger charge is 2.21. The minimum atomic E-state index is 0.00962. The molecule has 1 aromatic carbocycles. The fourth-order valence-electron chi connectivity index (χ4n) is 2.78. The van der Waals surface area contributed by atoms with E-state index in [0.29, 0.717) is 0 Å². The van der Waals surface area contributed by atoms with E-state index in [4.69, 9.17) is 4.74 Å². The molecule has 1 aliphatic rings. The number of aryl methyl sites for hydroxylation is 2. The van der Waals surface area contributed by atoms with Crippen molar-refractivity contribution in [2.45, 2.75) is 20.3 Å². The van der Waals surface area contributed by atoms with Gasteiger partial charge in [-0.15, -0.1) is 0 Å². The lowest BCUT2D eigenvalue weighted by Crippen LogP contribution is -2.50. The Bertz CT molecular complexity index is 497. The average Bonchev–Trinajstić information content (AvgIpc) is 2.55. The summed E-state index contributed by atoms with van der Waals surface area (Å²) < 4.78 is 5.10. The van der Waals surface area contributed by atoms with E-state index in [0.717, 1.165) is 57.0 Å². The number of nitrogens with one attached hydrogen (secondary N) is 1. The highest BCUT2D eigenvalue weighted by molar-refractivity contribution is 5.91. The van der Waals surface area contributed by atoms with Crippen molar-refractivity contribution in [1.82, 2.24) is 9.80 Å². The lowest BCUT2D eigenvalue weighted by molar-refractivity contribution is 0.109. The smallest absolute Gasteiger partial charge is 0.321 e. The molecule has 1 N–H and O–H groups in total. The molecule has 0 radical (unpaired) electrons. The molecule has 1 aliphatic heterocycles. The van der Waals surface area contributed by atoms with Crippen LogP contribution in [0, 0.1) is 6.92 Å². The first-order chi connectivity index (χ1) is 10.7. The Balaban J connectivity index is 1.91. The molecule has 2 rings (SSSR count). The van der Waals surface area contributed by atoms with E-state index >= 15 is 0 Å². The maximum atomic E-state index is 12.5. The molecular weight excluding hydrogens is 278 g/mol. The van der Waals surface area contributed by atoms with Gasteiger partial charge in [-0.2, -0.15) is 0 Å². The molecule has 0 spiro atoms. The number of rotatable bonds is 5. The van der Waals surface area contributed by atoms with Crippen LogP contribution in [0.15, 0.2) is 18.2 Å². The van der Waals surface area contributed by atoms with Gasteiger partial charge >= 0.3 is 6.03 Å². The molecule has 1 heterocycles. The van der Waals surface area contributed by atoms with E-state index in [1.807, 2.05) is 24.0 Å². The summed E-state index contributed by atoms with van der Waals surface area (Å²) >= 11 is 0. The van der Waals surface area contributed by atoms with Crippen LogP contribution in [0.3, 0.4) is 0 Å². The lowest BCUT2D eigenvalue weighted by atomic mass is 10.1. The van der Waals surface area contributed by atoms with Gasteiger partial charge in [-0.1, -0.05) is 25.1 Å². The van der Waals surface area contributed by atoms with Crippen molar-refractivity contribution in [3.63, 3.8) is 0 Å². The number of piperazine rings is 1. The van der Waals surface area contributed by atoms with Crippen molar-refractivity contribution < 1.29 is 9.53 Å². The molecule has 2 amide bonds. The Morgan fingerprint density at radius 2 is 2.00 bits per heavy atom. The molecule has 1 saturated heterocycles. The van der Waals surface area contributed by atoms with Gasteiger partial charge < -0.3 is 15.0 Å². The van der Waals surface area contributed by atoms with Gasteiger partial charge in [0.05, 0.1) is 6.61 Å². The maximum Gasteiger partial charge on any atom is 0.321 e. The number of urea groups is 1. The quantitative estimate of drug-likeness (QED) is 0.908. The molecule has 0 aliphatic carbocycles. The molecule has 0 aromatic heterocycles. The number of nitrogens with zero attached hydrogens (tertiary/aromatic N) is 2. The van der Waals surface area contributed by atoms with Crippen molar-refractivity contribution in [2.24, 2.45) is 0 Å². The number of methoxy groups -OCH3 is 1. The molecule has 0 unspecified atom stereocenters. The first-order valence-electron chi connectivity index (χ1n) is 8.01. The number of carbonyl (C=O) groups is 1. The molecule has 5 nitrogen and oxygen atoms in total.